The molecule has 0 aliphatic carbocycles. The van der Waals surface area contributed by atoms with E-state index in [9.17, 15) is 12.8 Å². The minimum Gasteiger partial charge on any atom is -0.491 e. The summed E-state index contributed by atoms with van der Waals surface area (Å²) in [6, 6.07) is 11.0. The van der Waals surface area contributed by atoms with Crippen LogP contribution in [-0.4, -0.2) is 28.2 Å². The summed E-state index contributed by atoms with van der Waals surface area (Å²) in [6.07, 6.45) is 0. The van der Waals surface area contributed by atoms with Gasteiger partial charge in [-0.3, -0.25) is 0 Å². The van der Waals surface area contributed by atoms with Gasteiger partial charge in [-0.1, -0.05) is 30.0 Å². The first-order valence-electron chi connectivity index (χ1n) is 8.00. The number of hydrogen-bond acceptors (Lipinski definition) is 4. The number of nitrogens with one attached hydrogen (secondary N) is 1. The van der Waals surface area contributed by atoms with E-state index in [1.54, 1.807) is 6.92 Å². The normalized spacial score (nSPS) is 10.7. The van der Waals surface area contributed by atoms with Gasteiger partial charge in [0.15, 0.2) is 11.6 Å². The molecule has 2 aromatic rings. The molecule has 26 heavy (non-hydrogen) atoms. The summed E-state index contributed by atoms with van der Waals surface area (Å²) in [4.78, 5) is -0.184. The highest BCUT2D eigenvalue weighted by Gasteiger charge is 2.15. The lowest BCUT2D eigenvalue weighted by atomic mass is 10.2. The molecule has 0 saturated carbocycles. The summed E-state index contributed by atoms with van der Waals surface area (Å²) < 4.78 is 50.9. The van der Waals surface area contributed by atoms with Gasteiger partial charge >= 0.3 is 0 Å². The molecule has 0 amide bonds. The third-order valence-electron chi connectivity index (χ3n) is 3.38. The number of benzene rings is 2. The lowest BCUT2D eigenvalue weighted by Gasteiger charge is -2.07. The smallest absolute Gasteiger partial charge is 0.241 e. The van der Waals surface area contributed by atoms with E-state index in [0.717, 1.165) is 17.4 Å². The molecule has 0 unspecified atom stereocenters. The number of ether oxygens (including phenoxy) is 2. The second kappa shape index (κ2) is 9.22. The second-order valence-corrected chi connectivity index (χ2v) is 7.02. The van der Waals surface area contributed by atoms with Crippen LogP contribution in [0, 0.1) is 24.6 Å². The molecule has 0 heterocycles. The van der Waals surface area contributed by atoms with E-state index in [1.807, 2.05) is 31.2 Å². The van der Waals surface area contributed by atoms with Crippen LogP contribution >= 0.6 is 0 Å². The Morgan fingerprint density at radius 3 is 2.54 bits per heavy atom. The number of para-hydroxylation sites is 1. The lowest BCUT2D eigenvalue weighted by Crippen LogP contribution is -2.24. The average Bonchev–Trinajstić information content (AvgIpc) is 2.61. The quantitative estimate of drug-likeness (QED) is 0.754. The maximum atomic E-state index is 13.8. The Morgan fingerprint density at radius 2 is 1.85 bits per heavy atom. The Bertz CT molecular complexity index is 917. The van der Waals surface area contributed by atoms with Crippen LogP contribution in [0.15, 0.2) is 47.4 Å². The highest BCUT2D eigenvalue weighted by atomic mass is 32.2. The fourth-order valence-corrected chi connectivity index (χ4v) is 3.02. The Kier molecular flexibility index (Phi) is 7.01. The van der Waals surface area contributed by atoms with Crippen LogP contribution in [0.2, 0.25) is 0 Å². The van der Waals surface area contributed by atoms with Crippen molar-refractivity contribution in [3.05, 3.63) is 53.8 Å². The van der Waals surface area contributed by atoms with Crippen molar-refractivity contribution in [1.82, 2.24) is 4.72 Å². The SMILES string of the molecule is CCOc1ccc(S(=O)(=O)NCC#CCOc2ccccc2C)cc1F. The molecule has 1 N–H and O–H groups in total. The van der Waals surface area contributed by atoms with Crippen LogP contribution in [0.5, 0.6) is 11.5 Å². The Morgan fingerprint density at radius 1 is 1.08 bits per heavy atom. The third-order valence-corrected chi connectivity index (χ3v) is 4.78. The van der Waals surface area contributed by atoms with Crippen LogP contribution < -0.4 is 14.2 Å². The van der Waals surface area contributed by atoms with E-state index in [1.165, 1.54) is 12.1 Å². The number of halogens is 1. The average molecular weight is 377 g/mol. The maximum Gasteiger partial charge on any atom is 0.241 e. The van der Waals surface area contributed by atoms with E-state index in [0.29, 0.717) is 6.61 Å². The van der Waals surface area contributed by atoms with Gasteiger partial charge in [-0.25, -0.2) is 12.8 Å². The third kappa shape index (κ3) is 5.48. The minimum atomic E-state index is -3.85. The fourth-order valence-electron chi connectivity index (χ4n) is 2.08. The molecule has 0 aromatic heterocycles. The number of sulfonamides is 1. The van der Waals surface area contributed by atoms with Gasteiger partial charge in [0.05, 0.1) is 18.0 Å². The van der Waals surface area contributed by atoms with E-state index in [4.69, 9.17) is 9.47 Å². The molecular weight excluding hydrogens is 357 g/mol. The summed E-state index contributed by atoms with van der Waals surface area (Å²) in [5, 5.41) is 0. The summed E-state index contributed by atoms with van der Waals surface area (Å²) >= 11 is 0. The highest BCUT2D eigenvalue weighted by molar-refractivity contribution is 7.89. The molecular formula is C19H20FNO4S. The van der Waals surface area contributed by atoms with E-state index in [2.05, 4.69) is 16.6 Å². The molecule has 0 spiro atoms. The Balaban J connectivity index is 1.89. The van der Waals surface area contributed by atoms with Crippen molar-refractivity contribution in [2.45, 2.75) is 18.7 Å². The van der Waals surface area contributed by atoms with Crippen LogP contribution in [0.25, 0.3) is 0 Å². The van der Waals surface area contributed by atoms with Crippen molar-refractivity contribution >= 4 is 10.0 Å². The summed E-state index contributed by atoms with van der Waals surface area (Å²) in [5.74, 6) is 5.41. The topological polar surface area (TPSA) is 64.6 Å². The molecule has 2 rings (SSSR count). The van der Waals surface area contributed by atoms with E-state index < -0.39 is 15.8 Å². The molecule has 0 saturated heterocycles. The standard InChI is InChI=1S/C19H20FNO4S/c1-3-24-19-11-10-16(14-17(19)20)26(22,23)21-12-6-7-13-25-18-9-5-4-8-15(18)2/h4-5,8-11,14,21H,3,12-13H2,1-2H3. The van der Waals surface area contributed by atoms with Gasteiger partial charge in [0.2, 0.25) is 10.0 Å². The predicted octanol–water partition coefficient (Wildman–Crippen LogP) is 2.89. The molecule has 0 atom stereocenters. The van der Waals surface area contributed by atoms with Crippen LogP contribution in [0.3, 0.4) is 0 Å². The summed E-state index contributed by atoms with van der Waals surface area (Å²) in [6.45, 7) is 3.97. The van der Waals surface area contributed by atoms with E-state index >= 15 is 0 Å². The van der Waals surface area contributed by atoms with Gasteiger partial charge in [0.25, 0.3) is 0 Å². The number of aryl methyl sites for hydroxylation is 1. The van der Waals surface area contributed by atoms with Gasteiger partial charge in [-0.05, 0) is 43.7 Å². The van der Waals surface area contributed by atoms with Crippen molar-refractivity contribution < 1.29 is 22.3 Å². The monoisotopic (exact) mass is 377 g/mol. The number of hydrogen-bond donors (Lipinski definition) is 1. The van der Waals surface area contributed by atoms with Crippen molar-refractivity contribution in [2.75, 3.05) is 19.8 Å². The van der Waals surface area contributed by atoms with Crippen LogP contribution in [-0.2, 0) is 10.0 Å². The predicted molar refractivity (Wildman–Crippen MR) is 97.2 cm³/mol. The minimum absolute atomic E-state index is 0.0135. The van der Waals surface area contributed by atoms with Crippen molar-refractivity contribution in [3.63, 3.8) is 0 Å². The molecule has 0 aliphatic rings. The molecule has 7 heteroatoms. The molecule has 0 radical (unpaired) electrons. The zero-order valence-electron chi connectivity index (χ0n) is 14.6. The van der Waals surface area contributed by atoms with Crippen LogP contribution in [0.4, 0.5) is 4.39 Å². The summed E-state index contributed by atoms with van der Waals surface area (Å²) in [7, 11) is -3.85. The zero-order valence-corrected chi connectivity index (χ0v) is 15.4. The molecule has 0 aliphatic heterocycles. The van der Waals surface area contributed by atoms with Gasteiger partial charge in [-0.2, -0.15) is 4.72 Å². The van der Waals surface area contributed by atoms with Crippen molar-refractivity contribution in [1.29, 1.82) is 0 Å². The molecule has 0 fully saturated rings. The summed E-state index contributed by atoms with van der Waals surface area (Å²) in [5.41, 5.74) is 0.993. The molecule has 0 bridgehead atoms. The Hall–Kier alpha value is -2.56. The van der Waals surface area contributed by atoms with Crippen LogP contribution in [0.1, 0.15) is 12.5 Å². The molecule has 138 valence electrons. The molecule has 2 aromatic carbocycles. The first-order chi connectivity index (χ1) is 12.4. The van der Waals surface area contributed by atoms with Gasteiger partial charge in [0, 0.05) is 0 Å². The first-order valence-corrected chi connectivity index (χ1v) is 9.48. The van der Waals surface area contributed by atoms with Crippen molar-refractivity contribution in [2.24, 2.45) is 0 Å². The maximum absolute atomic E-state index is 13.8. The number of rotatable bonds is 7. The Labute approximate surface area is 153 Å². The van der Waals surface area contributed by atoms with E-state index in [-0.39, 0.29) is 23.8 Å². The van der Waals surface area contributed by atoms with Gasteiger partial charge in [0.1, 0.15) is 12.4 Å². The second-order valence-electron chi connectivity index (χ2n) is 5.26. The van der Waals surface area contributed by atoms with Crippen molar-refractivity contribution in [3.8, 4) is 23.3 Å². The first kappa shape index (κ1) is 19.8. The fraction of sp³-hybridized carbons (Fsp3) is 0.263. The molecule has 5 nitrogen and oxygen atoms in total. The lowest BCUT2D eigenvalue weighted by molar-refractivity contribution is 0.321. The highest BCUT2D eigenvalue weighted by Crippen LogP contribution is 2.20. The largest absolute Gasteiger partial charge is 0.491 e. The zero-order chi connectivity index (χ0) is 19.0. The van der Waals surface area contributed by atoms with Gasteiger partial charge < -0.3 is 9.47 Å². The van der Waals surface area contributed by atoms with Gasteiger partial charge in [-0.15, -0.1) is 0 Å².